The van der Waals surface area contributed by atoms with E-state index in [1.54, 1.807) is 18.5 Å². The number of hydrogen-bond donors (Lipinski definition) is 1. The molecule has 0 aliphatic heterocycles. The van der Waals surface area contributed by atoms with Crippen molar-refractivity contribution < 1.29 is 18.0 Å². The Morgan fingerprint density at radius 2 is 1.81 bits per heavy atom. The fourth-order valence-electron chi connectivity index (χ4n) is 3.53. The predicted molar refractivity (Wildman–Crippen MR) is 113 cm³/mol. The van der Waals surface area contributed by atoms with Gasteiger partial charge in [0.25, 0.3) is 5.91 Å². The summed E-state index contributed by atoms with van der Waals surface area (Å²) in [4.78, 5) is 17.0. The Hall–Kier alpha value is -3.61. The van der Waals surface area contributed by atoms with Gasteiger partial charge in [0, 0.05) is 18.8 Å². The minimum atomic E-state index is -4.37. The van der Waals surface area contributed by atoms with Crippen molar-refractivity contribution in [1.82, 2.24) is 14.9 Å². The van der Waals surface area contributed by atoms with Gasteiger partial charge in [0.2, 0.25) is 0 Å². The maximum atomic E-state index is 12.9. The number of imidazole rings is 1. The topological polar surface area (TPSA) is 46.9 Å². The Bertz CT molecular complexity index is 1240. The minimum Gasteiger partial charge on any atom is -0.344 e. The molecule has 1 amide bonds. The van der Waals surface area contributed by atoms with E-state index in [0.29, 0.717) is 11.1 Å². The van der Waals surface area contributed by atoms with Crippen LogP contribution in [0.15, 0.2) is 73.2 Å². The number of nitrogens with one attached hydrogen (secondary N) is 1. The van der Waals surface area contributed by atoms with Gasteiger partial charge in [-0.25, -0.2) is 4.98 Å². The van der Waals surface area contributed by atoms with Crippen molar-refractivity contribution in [2.24, 2.45) is 7.05 Å². The molecule has 0 spiro atoms. The number of rotatable bonds is 4. The van der Waals surface area contributed by atoms with Crippen LogP contribution in [0.2, 0.25) is 0 Å². The van der Waals surface area contributed by atoms with E-state index in [1.165, 1.54) is 12.1 Å². The van der Waals surface area contributed by atoms with Crippen LogP contribution in [0.1, 0.15) is 34.6 Å². The maximum Gasteiger partial charge on any atom is 0.416 e. The van der Waals surface area contributed by atoms with Crippen LogP contribution in [0.4, 0.5) is 13.2 Å². The molecular weight excluding hydrogens is 403 g/mol. The second-order valence-corrected chi connectivity index (χ2v) is 7.48. The highest BCUT2D eigenvalue weighted by molar-refractivity contribution is 6.02. The van der Waals surface area contributed by atoms with E-state index in [1.807, 2.05) is 49.0 Å². The summed E-state index contributed by atoms with van der Waals surface area (Å²) in [5.41, 5.74) is 2.07. The summed E-state index contributed by atoms with van der Waals surface area (Å²) >= 11 is 0. The number of aromatic nitrogens is 2. The highest BCUT2D eigenvalue weighted by Crippen LogP contribution is 2.33. The lowest BCUT2D eigenvalue weighted by molar-refractivity contribution is -0.137. The van der Waals surface area contributed by atoms with Crippen molar-refractivity contribution in [2.75, 3.05) is 0 Å². The highest BCUT2D eigenvalue weighted by Gasteiger charge is 2.30. The van der Waals surface area contributed by atoms with E-state index < -0.39 is 11.7 Å². The first-order chi connectivity index (χ1) is 14.7. The summed E-state index contributed by atoms with van der Waals surface area (Å²) in [6, 6.07) is 15.7. The molecule has 3 aromatic carbocycles. The third-order valence-electron chi connectivity index (χ3n) is 5.18. The number of fused-ring (bicyclic) bond motifs is 1. The zero-order valence-corrected chi connectivity index (χ0v) is 16.9. The van der Waals surface area contributed by atoms with Crippen molar-refractivity contribution in [2.45, 2.75) is 19.1 Å². The van der Waals surface area contributed by atoms with Gasteiger partial charge in [-0.2, -0.15) is 13.2 Å². The SMILES string of the molecule is C[C@H](NC(=O)c1ccc2c(-c3ccc(C(F)(F)F)cc3)cccc2c1)c1cn(C)cn1. The van der Waals surface area contributed by atoms with E-state index in [4.69, 9.17) is 0 Å². The van der Waals surface area contributed by atoms with Gasteiger partial charge >= 0.3 is 6.18 Å². The summed E-state index contributed by atoms with van der Waals surface area (Å²) in [6.45, 7) is 1.87. The summed E-state index contributed by atoms with van der Waals surface area (Å²) in [5, 5.41) is 4.62. The van der Waals surface area contributed by atoms with Crippen LogP contribution in [-0.4, -0.2) is 15.5 Å². The van der Waals surface area contributed by atoms with Gasteiger partial charge in [-0.3, -0.25) is 4.79 Å². The second-order valence-electron chi connectivity index (χ2n) is 7.48. The molecule has 4 rings (SSSR count). The van der Waals surface area contributed by atoms with E-state index >= 15 is 0 Å². The molecule has 4 nitrogen and oxygen atoms in total. The van der Waals surface area contributed by atoms with Crippen molar-refractivity contribution in [1.29, 1.82) is 0 Å². The summed E-state index contributed by atoms with van der Waals surface area (Å²) in [7, 11) is 1.86. The van der Waals surface area contributed by atoms with E-state index in [0.717, 1.165) is 34.2 Å². The van der Waals surface area contributed by atoms with Crippen molar-refractivity contribution >= 4 is 16.7 Å². The van der Waals surface area contributed by atoms with Gasteiger partial charge < -0.3 is 9.88 Å². The molecule has 1 atom stereocenters. The zero-order valence-electron chi connectivity index (χ0n) is 16.9. The van der Waals surface area contributed by atoms with Crippen molar-refractivity contribution in [3.63, 3.8) is 0 Å². The molecule has 0 saturated heterocycles. The van der Waals surface area contributed by atoms with Gasteiger partial charge in [-0.05, 0) is 53.1 Å². The standard InChI is InChI=1S/C24H20F3N3O/c1-15(22-13-30(2)14-28-22)29-23(31)18-8-11-21-17(12-18)4-3-5-20(21)16-6-9-19(10-7-16)24(25,26)27/h3-15H,1-2H3,(H,29,31)/t15-/m0/s1. The van der Waals surface area contributed by atoms with Gasteiger partial charge in [0.05, 0.1) is 23.6 Å². The van der Waals surface area contributed by atoms with E-state index in [2.05, 4.69) is 10.3 Å². The molecular formula is C24H20F3N3O. The number of halogens is 3. The molecule has 0 radical (unpaired) electrons. The number of amides is 1. The number of hydrogen-bond acceptors (Lipinski definition) is 2. The van der Waals surface area contributed by atoms with Crippen LogP contribution in [-0.2, 0) is 13.2 Å². The van der Waals surface area contributed by atoms with Crippen LogP contribution < -0.4 is 5.32 Å². The lowest BCUT2D eigenvalue weighted by Gasteiger charge is -2.13. The van der Waals surface area contributed by atoms with Crippen molar-refractivity contribution in [3.05, 3.63) is 90.0 Å². The Balaban J connectivity index is 1.61. The number of benzene rings is 3. The Morgan fingerprint density at radius 3 is 2.45 bits per heavy atom. The second kappa shape index (κ2) is 7.91. The molecule has 4 aromatic rings. The van der Waals surface area contributed by atoms with Crippen LogP contribution >= 0.6 is 0 Å². The Morgan fingerprint density at radius 1 is 1.06 bits per heavy atom. The molecule has 1 N–H and O–H groups in total. The van der Waals surface area contributed by atoms with Crippen LogP contribution in [0, 0.1) is 0 Å². The molecule has 0 saturated carbocycles. The summed E-state index contributed by atoms with van der Waals surface area (Å²) < 4.78 is 40.4. The Labute approximate surface area is 177 Å². The number of alkyl halides is 3. The van der Waals surface area contributed by atoms with E-state index in [-0.39, 0.29) is 11.9 Å². The quantitative estimate of drug-likeness (QED) is 0.454. The first kappa shape index (κ1) is 20.7. The molecule has 0 unspecified atom stereocenters. The van der Waals surface area contributed by atoms with Crippen LogP contribution in [0.3, 0.4) is 0 Å². The average Bonchev–Trinajstić information content (AvgIpc) is 3.19. The molecule has 31 heavy (non-hydrogen) atoms. The summed E-state index contributed by atoms with van der Waals surface area (Å²) in [6.07, 6.45) is -0.843. The molecule has 158 valence electrons. The predicted octanol–water partition coefficient (Wildman–Crippen LogP) is 5.75. The smallest absolute Gasteiger partial charge is 0.344 e. The van der Waals surface area contributed by atoms with Gasteiger partial charge in [-0.1, -0.05) is 36.4 Å². The molecule has 0 bridgehead atoms. The molecule has 7 heteroatoms. The number of nitrogens with zero attached hydrogens (tertiary/aromatic N) is 2. The molecule has 0 fully saturated rings. The highest BCUT2D eigenvalue weighted by atomic mass is 19.4. The van der Waals surface area contributed by atoms with Gasteiger partial charge in [0.15, 0.2) is 0 Å². The molecule has 1 heterocycles. The van der Waals surface area contributed by atoms with Crippen molar-refractivity contribution in [3.8, 4) is 11.1 Å². The average molecular weight is 423 g/mol. The first-order valence-corrected chi connectivity index (χ1v) is 9.71. The molecule has 0 aliphatic carbocycles. The third kappa shape index (κ3) is 4.30. The lowest BCUT2D eigenvalue weighted by Crippen LogP contribution is -2.26. The fourth-order valence-corrected chi connectivity index (χ4v) is 3.53. The Kier molecular flexibility index (Phi) is 5.27. The number of carbonyl (C=O) groups is 1. The van der Waals surface area contributed by atoms with Crippen LogP contribution in [0.5, 0.6) is 0 Å². The minimum absolute atomic E-state index is 0.222. The number of aryl methyl sites for hydroxylation is 1. The third-order valence-corrected chi connectivity index (χ3v) is 5.18. The van der Waals surface area contributed by atoms with Gasteiger partial charge in [0.1, 0.15) is 0 Å². The summed E-state index contributed by atoms with van der Waals surface area (Å²) in [5.74, 6) is -0.222. The normalized spacial score (nSPS) is 12.7. The number of carbonyl (C=O) groups excluding carboxylic acids is 1. The zero-order chi connectivity index (χ0) is 22.2. The van der Waals surface area contributed by atoms with Crippen LogP contribution in [0.25, 0.3) is 21.9 Å². The molecule has 1 aromatic heterocycles. The first-order valence-electron chi connectivity index (χ1n) is 9.71. The monoisotopic (exact) mass is 423 g/mol. The lowest BCUT2D eigenvalue weighted by atomic mass is 9.96. The fraction of sp³-hybridized carbons (Fsp3) is 0.167. The largest absolute Gasteiger partial charge is 0.416 e. The molecule has 0 aliphatic rings. The van der Waals surface area contributed by atoms with E-state index in [9.17, 15) is 18.0 Å². The maximum absolute atomic E-state index is 12.9. The van der Waals surface area contributed by atoms with Gasteiger partial charge in [-0.15, -0.1) is 0 Å².